The van der Waals surface area contributed by atoms with Crippen LogP contribution in [0.2, 0.25) is 0 Å². The molecule has 2 heterocycles. The summed E-state index contributed by atoms with van der Waals surface area (Å²) in [6.07, 6.45) is 1.01. The highest BCUT2D eigenvalue weighted by molar-refractivity contribution is 5.95. The summed E-state index contributed by atoms with van der Waals surface area (Å²) in [6, 6.07) is 15.5. The van der Waals surface area contributed by atoms with Crippen molar-refractivity contribution in [3.05, 3.63) is 70.0 Å². The zero-order valence-electron chi connectivity index (χ0n) is 20.1. The highest BCUT2D eigenvalue weighted by atomic mass is 16.2. The lowest BCUT2D eigenvalue weighted by Gasteiger charge is -2.24. The molecular weight excluding hydrogens is 398 g/mol. The molecule has 170 valence electrons. The summed E-state index contributed by atoms with van der Waals surface area (Å²) in [7, 11) is 3.96. The lowest BCUT2D eigenvalue weighted by Crippen LogP contribution is -2.38. The number of carbonyl (C=O) groups excluding carboxylic acids is 1. The Morgan fingerprint density at radius 1 is 1.09 bits per heavy atom. The molecule has 0 spiro atoms. The number of benzene rings is 2. The van der Waals surface area contributed by atoms with Gasteiger partial charge in [0.25, 0.3) is 11.5 Å². The fraction of sp³-hybridized carbons (Fsp3) is 0.407. The Morgan fingerprint density at radius 3 is 2.34 bits per heavy atom. The summed E-state index contributed by atoms with van der Waals surface area (Å²) in [5.41, 5.74) is 3.29. The van der Waals surface area contributed by atoms with Gasteiger partial charge in [-0.2, -0.15) is 0 Å². The van der Waals surface area contributed by atoms with Crippen LogP contribution < -0.4 is 5.56 Å². The number of likely N-dealkylation sites (N-methyl/N-ethyl adjacent to an activating group) is 2. The molecule has 1 atom stereocenters. The molecule has 4 rings (SSSR count). The van der Waals surface area contributed by atoms with E-state index in [9.17, 15) is 9.59 Å². The summed E-state index contributed by atoms with van der Waals surface area (Å²) in [5, 5.41) is 1.64. The Hall–Kier alpha value is -2.92. The molecule has 1 unspecified atom stereocenters. The second kappa shape index (κ2) is 10.1. The zero-order chi connectivity index (χ0) is 23.4. The molecular formula is C27H35N3O2. The number of nitrogens with zero attached hydrogens (tertiary/aromatic N) is 2. The van der Waals surface area contributed by atoms with E-state index in [4.69, 9.17) is 0 Å². The van der Waals surface area contributed by atoms with Crippen molar-refractivity contribution < 1.29 is 4.79 Å². The van der Waals surface area contributed by atoms with Gasteiger partial charge in [-0.1, -0.05) is 45.0 Å². The van der Waals surface area contributed by atoms with Crippen molar-refractivity contribution in [3.63, 3.8) is 0 Å². The Morgan fingerprint density at radius 2 is 1.75 bits per heavy atom. The van der Waals surface area contributed by atoms with Crippen LogP contribution in [0.1, 0.15) is 43.1 Å². The quantitative estimate of drug-likeness (QED) is 0.636. The number of H-pyrrole nitrogens is 1. The molecule has 1 saturated heterocycles. The van der Waals surface area contributed by atoms with Crippen LogP contribution >= 0.6 is 0 Å². The molecule has 1 N–H and O–H groups in total. The van der Waals surface area contributed by atoms with Crippen LogP contribution in [0.15, 0.2) is 53.3 Å². The third kappa shape index (κ3) is 5.46. The van der Waals surface area contributed by atoms with Crippen molar-refractivity contribution in [1.29, 1.82) is 0 Å². The van der Waals surface area contributed by atoms with Gasteiger partial charge in [0.05, 0.1) is 0 Å². The van der Waals surface area contributed by atoms with Crippen LogP contribution in [0.4, 0.5) is 0 Å². The molecule has 1 amide bonds. The molecule has 32 heavy (non-hydrogen) atoms. The average Bonchev–Trinajstić information content (AvgIpc) is 3.19. The number of fused-ring (bicyclic) bond motifs is 1. The van der Waals surface area contributed by atoms with Gasteiger partial charge in [-0.05, 0) is 73.6 Å². The number of aryl methyl sites for hydroxylation is 1. The highest BCUT2D eigenvalue weighted by Crippen LogP contribution is 2.23. The standard InChI is InChI=1S/C23H25N3O2.C4H10/c1-15-5-4-6-19-20(15)13-21(24-22(19)27)16-7-9-17(10-8-16)23(28)26(3)18-11-12-25(2)14-18;1-4(2)3/h4-10,13,18H,11-12,14H2,1-3H3,(H,24,27);4H,1-3H3. The maximum Gasteiger partial charge on any atom is 0.256 e. The van der Waals surface area contributed by atoms with Gasteiger partial charge in [0.1, 0.15) is 0 Å². The number of rotatable bonds is 3. The van der Waals surface area contributed by atoms with Crippen molar-refractivity contribution in [2.75, 3.05) is 27.2 Å². The summed E-state index contributed by atoms with van der Waals surface area (Å²) in [6.45, 7) is 10.4. The molecule has 0 radical (unpaired) electrons. The number of aromatic amines is 1. The maximum absolute atomic E-state index is 12.8. The van der Waals surface area contributed by atoms with Crippen molar-refractivity contribution in [2.24, 2.45) is 5.92 Å². The molecule has 0 aliphatic carbocycles. The van der Waals surface area contributed by atoms with Crippen LogP contribution in [0, 0.1) is 12.8 Å². The van der Waals surface area contributed by atoms with Crippen LogP contribution in [-0.4, -0.2) is 53.9 Å². The third-order valence-corrected chi connectivity index (χ3v) is 5.78. The molecule has 3 aromatic rings. The van der Waals surface area contributed by atoms with Gasteiger partial charge in [0.15, 0.2) is 0 Å². The van der Waals surface area contributed by atoms with Crippen LogP contribution in [0.25, 0.3) is 22.0 Å². The van der Waals surface area contributed by atoms with E-state index in [1.807, 2.05) is 67.4 Å². The number of pyridine rings is 1. The topological polar surface area (TPSA) is 56.4 Å². The molecule has 0 bridgehead atoms. The maximum atomic E-state index is 12.8. The van der Waals surface area contributed by atoms with E-state index in [0.29, 0.717) is 10.9 Å². The molecule has 0 saturated carbocycles. The van der Waals surface area contributed by atoms with Crippen LogP contribution in [0.5, 0.6) is 0 Å². The summed E-state index contributed by atoms with van der Waals surface area (Å²) >= 11 is 0. The van der Waals surface area contributed by atoms with Crippen molar-refractivity contribution in [2.45, 2.75) is 40.2 Å². The Balaban J connectivity index is 0.000000668. The Kier molecular flexibility index (Phi) is 7.52. The van der Waals surface area contributed by atoms with E-state index < -0.39 is 0 Å². The van der Waals surface area contributed by atoms with Gasteiger partial charge in [0, 0.05) is 36.3 Å². The minimum absolute atomic E-state index is 0.0368. The number of hydrogen-bond acceptors (Lipinski definition) is 3. The van der Waals surface area contributed by atoms with E-state index in [-0.39, 0.29) is 17.5 Å². The van der Waals surface area contributed by atoms with Crippen molar-refractivity contribution in [3.8, 4) is 11.3 Å². The molecule has 1 fully saturated rings. The van der Waals surface area contributed by atoms with Gasteiger partial charge >= 0.3 is 0 Å². The predicted molar refractivity (Wildman–Crippen MR) is 133 cm³/mol. The number of likely N-dealkylation sites (tertiary alicyclic amines) is 1. The normalized spacial score (nSPS) is 16.2. The minimum atomic E-state index is -0.0959. The van der Waals surface area contributed by atoms with Crippen molar-refractivity contribution >= 4 is 16.7 Å². The second-order valence-electron chi connectivity index (χ2n) is 9.48. The predicted octanol–water partition coefficient (Wildman–Crippen LogP) is 4.94. The zero-order valence-corrected chi connectivity index (χ0v) is 20.1. The second-order valence-corrected chi connectivity index (χ2v) is 9.48. The van der Waals surface area contributed by atoms with E-state index in [1.54, 1.807) is 0 Å². The first-order valence-corrected chi connectivity index (χ1v) is 11.4. The first-order valence-electron chi connectivity index (χ1n) is 11.4. The van der Waals surface area contributed by atoms with Gasteiger partial charge < -0.3 is 14.8 Å². The fourth-order valence-electron chi connectivity index (χ4n) is 3.99. The molecule has 2 aromatic carbocycles. The number of hydrogen-bond donors (Lipinski definition) is 1. The average molecular weight is 434 g/mol. The third-order valence-electron chi connectivity index (χ3n) is 5.78. The molecule has 1 aromatic heterocycles. The lowest BCUT2D eigenvalue weighted by atomic mass is 10.0. The van der Waals surface area contributed by atoms with Gasteiger partial charge in [0.2, 0.25) is 0 Å². The fourth-order valence-corrected chi connectivity index (χ4v) is 3.99. The summed E-state index contributed by atoms with van der Waals surface area (Å²) < 4.78 is 0. The lowest BCUT2D eigenvalue weighted by molar-refractivity contribution is 0.0737. The summed E-state index contributed by atoms with van der Waals surface area (Å²) in [5.74, 6) is 0.870. The first kappa shape index (κ1) is 23.7. The monoisotopic (exact) mass is 433 g/mol. The molecule has 1 aliphatic rings. The molecule has 5 heteroatoms. The SMILES string of the molecule is CC(C)C.Cc1cccc2c(=O)[nH]c(-c3ccc(C(=O)N(C)C4CCN(C)C4)cc3)cc12. The first-order chi connectivity index (χ1) is 15.2. The largest absolute Gasteiger partial charge is 0.337 e. The number of nitrogens with one attached hydrogen (secondary N) is 1. The highest BCUT2D eigenvalue weighted by Gasteiger charge is 2.26. The van der Waals surface area contributed by atoms with Crippen LogP contribution in [0.3, 0.4) is 0 Å². The minimum Gasteiger partial charge on any atom is -0.337 e. The van der Waals surface area contributed by atoms with Gasteiger partial charge in [-0.15, -0.1) is 0 Å². The number of carbonyl (C=O) groups is 1. The van der Waals surface area contributed by atoms with E-state index >= 15 is 0 Å². The van der Waals surface area contributed by atoms with E-state index in [1.165, 1.54) is 0 Å². The smallest absolute Gasteiger partial charge is 0.256 e. The Labute approximate surface area is 191 Å². The summed E-state index contributed by atoms with van der Waals surface area (Å²) in [4.78, 5) is 32.3. The van der Waals surface area contributed by atoms with E-state index in [2.05, 4.69) is 37.7 Å². The van der Waals surface area contributed by atoms with Crippen LogP contribution in [-0.2, 0) is 0 Å². The number of aromatic nitrogens is 1. The number of amides is 1. The van der Waals surface area contributed by atoms with Gasteiger partial charge in [-0.25, -0.2) is 0 Å². The van der Waals surface area contributed by atoms with Gasteiger partial charge in [-0.3, -0.25) is 9.59 Å². The molecule has 5 nitrogen and oxygen atoms in total. The van der Waals surface area contributed by atoms with E-state index in [0.717, 1.165) is 47.6 Å². The van der Waals surface area contributed by atoms with Crippen molar-refractivity contribution in [1.82, 2.24) is 14.8 Å². The Bertz CT molecular complexity index is 1130. The molecule has 1 aliphatic heterocycles.